The molecule has 1 aliphatic rings. The van der Waals surface area contributed by atoms with Crippen LogP contribution in [-0.4, -0.2) is 47.7 Å². The highest BCUT2D eigenvalue weighted by molar-refractivity contribution is 5.75. The molecule has 0 atom stereocenters. The van der Waals surface area contributed by atoms with Crippen LogP contribution in [0.2, 0.25) is 0 Å². The first-order chi connectivity index (χ1) is 15.4. The molecule has 1 rings (SSSR count). The lowest BCUT2D eigenvalue weighted by atomic mass is 10.1. The Morgan fingerprint density at radius 1 is 0.656 bits per heavy atom. The van der Waals surface area contributed by atoms with Gasteiger partial charge in [-0.1, -0.05) is 57.8 Å². The molecule has 32 heavy (non-hydrogen) atoms. The Morgan fingerprint density at radius 2 is 1.06 bits per heavy atom. The first kappa shape index (κ1) is 32.5. The molecule has 8 nitrogen and oxygen atoms in total. The number of nitrogens with two attached hydrogens (primary N) is 2. The highest BCUT2D eigenvalue weighted by Gasteiger charge is 2.01. The first-order valence-electron chi connectivity index (χ1n) is 12.5. The summed E-state index contributed by atoms with van der Waals surface area (Å²) in [5.74, 6) is -1.49. The van der Waals surface area contributed by atoms with Gasteiger partial charge in [0.05, 0.1) is 0 Å². The predicted octanol–water partition coefficient (Wildman–Crippen LogP) is 4.20. The summed E-state index contributed by atoms with van der Waals surface area (Å²) in [4.78, 5) is 31.1. The van der Waals surface area contributed by atoms with E-state index in [-0.39, 0.29) is 18.7 Å². The highest BCUT2D eigenvalue weighted by atomic mass is 16.4. The Balaban J connectivity index is 0. The molecular weight excluding hydrogens is 410 g/mol. The van der Waals surface area contributed by atoms with Crippen molar-refractivity contribution in [3.8, 4) is 0 Å². The van der Waals surface area contributed by atoms with Crippen molar-refractivity contribution in [3.05, 3.63) is 0 Å². The van der Waals surface area contributed by atoms with E-state index in [1.54, 1.807) is 0 Å². The van der Waals surface area contributed by atoms with Gasteiger partial charge < -0.3 is 27.0 Å². The fraction of sp³-hybridized carbons (Fsp3) is 0.875. The minimum atomic E-state index is -0.870. The molecule has 0 bridgehead atoms. The fourth-order valence-corrected chi connectivity index (χ4v) is 3.16. The summed E-state index contributed by atoms with van der Waals surface area (Å²) in [7, 11) is 0. The Labute approximate surface area is 194 Å². The summed E-state index contributed by atoms with van der Waals surface area (Å²) in [6.45, 7) is 2.54. The number of carbonyl (C=O) groups excluding carboxylic acids is 1. The van der Waals surface area contributed by atoms with Gasteiger partial charge >= 0.3 is 11.9 Å². The third-order valence-electron chi connectivity index (χ3n) is 5.09. The van der Waals surface area contributed by atoms with Gasteiger partial charge in [-0.05, 0) is 51.6 Å². The van der Waals surface area contributed by atoms with Gasteiger partial charge in [-0.2, -0.15) is 0 Å². The Bertz CT molecular complexity index is 409. The summed E-state index contributed by atoms with van der Waals surface area (Å²) in [6.07, 6.45) is 18.1. The highest BCUT2D eigenvalue weighted by Crippen LogP contribution is 2.11. The minimum absolute atomic E-state index is 0.0628. The van der Waals surface area contributed by atoms with Crippen molar-refractivity contribution >= 4 is 17.8 Å². The Kier molecular flexibility index (Phi) is 27.8. The van der Waals surface area contributed by atoms with E-state index in [9.17, 15) is 14.4 Å². The van der Waals surface area contributed by atoms with Gasteiger partial charge in [0, 0.05) is 25.8 Å². The zero-order valence-corrected chi connectivity index (χ0v) is 20.1. The Hall–Kier alpha value is -1.67. The number of unbranched alkanes of at least 4 members (excludes halogenated alkanes) is 4. The molecule has 0 aromatic carbocycles. The summed E-state index contributed by atoms with van der Waals surface area (Å²) in [5.41, 5.74) is 10.6. The number of carboxylic acids is 2. The minimum Gasteiger partial charge on any atom is -0.481 e. The molecule has 1 saturated heterocycles. The molecule has 1 aliphatic heterocycles. The number of rotatable bonds is 10. The van der Waals surface area contributed by atoms with Crippen LogP contribution in [0.15, 0.2) is 0 Å². The molecular formula is C24H49N3O5. The number of aliphatic carboxylic acids is 2. The number of hydrogen-bond acceptors (Lipinski definition) is 5. The third-order valence-corrected chi connectivity index (χ3v) is 5.09. The molecule has 1 heterocycles. The van der Waals surface area contributed by atoms with Crippen LogP contribution in [0.25, 0.3) is 0 Å². The molecule has 0 saturated carbocycles. The molecule has 0 aromatic rings. The average Bonchev–Trinajstić information content (AvgIpc) is 2.78. The number of carboxylic acid groups (broad SMARTS) is 2. The molecule has 1 amide bonds. The van der Waals surface area contributed by atoms with Crippen LogP contribution in [0.1, 0.15) is 116 Å². The van der Waals surface area contributed by atoms with Crippen molar-refractivity contribution in [2.24, 2.45) is 11.5 Å². The molecule has 0 radical (unpaired) electrons. The summed E-state index contributed by atoms with van der Waals surface area (Å²) in [5, 5.41) is 19.2. The zero-order chi connectivity index (χ0) is 24.3. The lowest BCUT2D eigenvalue weighted by Gasteiger charge is -2.03. The van der Waals surface area contributed by atoms with Crippen LogP contribution < -0.4 is 16.8 Å². The second kappa shape index (κ2) is 27.4. The number of hydrogen-bond donors (Lipinski definition) is 5. The second-order valence-electron chi connectivity index (χ2n) is 8.27. The van der Waals surface area contributed by atoms with Crippen LogP contribution in [0.4, 0.5) is 0 Å². The van der Waals surface area contributed by atoms with E-state index in [0.717, 1.165) is 51.7 Å². The largest absolute Gasteiger partial charge is 0.481 e. The number of amides is 1. The van der Waals surface area contributed by atoms with Gasteiger partial charge in [-0.25, -0.2) is 0 Å². The predicted molar refractivity (Wildman–Crippen MR) is 129 cm³/mol. The van der Waals surface area contributed by atoms with Gasteiger partial charge in [-0.3, -0.25) is 14.4 Å². The SMILES string of the molecule is NCCCCCCN.O=C(O)CCCCC(=O)O.O=C1CCCCCCCCCCCN1. The van der Waals surface area contributed by atoms with Crippen molar-refractivity contribution in [2.75, 3.05) is 19.6 Å². The van der Waals surface area contributed by atoms with Gasteiger partial charge in [0.2, 0.25) is 5.91 Å². The van der Waals surface area contributed by atoms with E-state index in [1.165, 1.54) is 57.8 Å². The van der Waals surface area contributed by atoms with Gasteiger partial charge in [-0.15, -0.1) is 0 Å². The van der Waals surface area contributed by atoms with E-state index < -0.39 is 11.9 Å². The van der Waals surface area contributed by atoms with E-state index in [0.29, 0.717) is 12.8 Å². The molecule has 0 unspecified atom stereocenters. The topological polar surface area (TPSA) is 156 Å². The fourth-order valence-electron chi connectivity index (χ4n) is 3.16. The van der Waals surface area contributed by atoms with E-state index in [1.807, 2.05) is 0 Å². The third kappa shape index (κ3) is 33.0. The smallest absolute Gasteiger partial charge is 0.303 e. The van der Waals surface area contributed by atoms with E-state index in [4.69, 9.17) is 21.7 Å². The van der Waals surface area contributed by atoms with Crippen LogP contribution >= 0.6 is 0 Å². The van der Waals surface area contributed by atoms with E-state index >= 15 is 0 Å². The maximum absolute atomic E-state index is 11.3. The maximum atomic E-state index is 11.3. The molecule has 190 valence electrons. The molecule has 8 heteroatoms. The van der Waals surface area contributed by atoms with E-state index in [2.05, 4.69) is 5.32 Å². The van der Waals surface area contributed by atoms with Gasteiger partial charge in [0.1, 0.15) is 0 Å². The lowest BCUT2D eigenvalue weighted by molar-refractivity contribution is -0.139. The summed E-state index contributed by atoms with van der Waals surface area (Å²) < 4.78 is 0. The maximum Gasteiger partial charge on any atom is 0.303 e. The zero-order valence-electron chi connectivity index (χ0n) is 20.1. The molecule has 0 aromatic heterocycles. The molecule has 1 fully saturated rings. The standard InChI is InChI=1S/C12H23NO.C6H16N2.C6H10O4/c14-12-10-8-6-4-2-1-3-5-7-9-11-13-12;7-5-3-1-2-4-6-8;7-5(8)3-1-2-4-6(9)10/h1-11H2,(H,13,14);1-8H2;1-4H2,(H,7,8)(H,9,10). The lowest BCUT2D eigenvalue weighted by Crippen LogP contribution is -2.23. The van der Waals surface area contributed by atoms with Crippen molar-refractivity contribution in [3.63, 3.8) is 0 Å². The number of nitrogens with one attached hydrogen (secondary N) is 1. The van der Waals surface area contributed by atoms with Crippen molar-refractivity contribution < 1.29 is 24.6 Å². The Morgan fingerprint density at radius 3 is 1.47 bits per heavy atom. The average molecular weight is 460 g/mol. The summed E-state index contributed by atoms with van der Waals surface area (Å²) >= 11 is 0. The molecule has 7 N–H and O–H groups in total. The van der Waals surface area contributed by atoms with Crippen LogP contribution in [0.5, 0.6) is 0 Å². The van der Waals surface area contributed by atoms with Gasteiger partial charge in [0.25, 0.3) is 0 Å². The summed E-state index contributed by atoms with van der Waals surface area (Å²) in [6, 6.07) is 0. The quantitative estimate of drug-likeness (QED) is 0.306. The normalized spacial score (nSPS) is 15.2. The van der Waals surface area contributed by atoms with Crippen molar-refractivity contribution in [2.45, 2.75) is 116 Å². The van der Waals surface area contributed by atoms with Crippen LogP contribution in [0, 0.1) is 0 Å². The van der Waals surface area contributed by atoms with Crippen molar-refractivity contribution in [1.82, 2.24) is 5.32 Å². The second-order valence-corrected chi connectivity index (χ2v) is 8.27. The first-order valence-corrected chi connectivity index (χ1v) is 12.5. The van der Waals surface area contributed by atoms with Crippen LogP contribution in [0.3, 0.4) is 0 Å². The van der Waals surface area contributed by atoms with Crippen molar-refractivity contribution in [1.29, 1.82) is 0 Å². The molecule has 0 spiro atoms. The monoisotopic (exact) mass is 459 g/mol. The molecule has 0 aliphatic carbocycles. The van der Waals surface area contributed by atoms with Gasteiger partial charge in [0.15, 0.2) is 0 Å². The van der Waals surface area contributed by atoms with Crippen LogP contribution in [-0.2, 0) is 14.4 Å². The number of carbonyl (C=O) groups is 3.